The van der Waals surface area contributed by atoms with Gasteiger partial charge in [-0.2, -0.15) is 0 Å². The van der Waals surface area contributed by atoms with Crippen LogP contribution in [0.5, 0.6) is 11.5 Å². The Kier molecular flexibility index (Phi) is 6.27. The van der Waals surface area contributed by atoms with Gasteiger partial charge < -0.3 is 19.2 Å². The van der Waals surface area contributed by atoms with Crippen LogP contribution in [0, 0.1) is 0 Å². The fourth-order valence-electron chi connectivity index (χ4n) is 2.89. The van der Waals surface area contributed by atoms with E-state index in [1.54, 1.807) is 68.8 Å². The number of nitrogens with zero attached hydrogens (tertiary/aromatic N) is 1. The first-order chi connectivity index (χ1) is 15.0. The first-order valence-electron chi connectivity index (χ1n) is 9.04. The summed E-state index contributed by atoms with van der Waals surface area (Å²) in [5.74, 6) is 1.92. The minimum absolute atomic E-state index is 0.273. The summed E-state index contributed by atoms with van der Waals surface area (Å²) in [6, 6.07) is 14.0. The Bertz CT molecular complexity index is 1200. The summed E-state index contributed by atoms with van der Waals surface area (Å²) < 4.78 is 16.4. The van der Waals surface area contributed by atoms with Crippen LogP contribution in [0.2, 0.25) is 10.0 Å². The zero-order valence-electron chi connectivity index (χ0n) is 16.4. The third-order valence-electron chi connectivity index (χ3n) is 4.37. The molecule has 2 aromatic carbocycles. The first kappa shape index (κ1) is 21.4. The van der Waals surface area contributed by atoms with Gasteiger partial charge in [-0.15, -0.1) is 0 Å². The zero-order chi connectivity index (χ0) is 22.0. The predicted octanol–water partition coefficient (Wildman–Crippen LogP) is 6.16. The van der Waals surface area contributed by atoms with Gasteiger partial charge in [0.25, 0.3) is 5.91 Å². The summed E-state index contributed by atoms with van der Waals surface area (Å²) in [5.41, 5.74) is 1.17. The molecule has 0 unspecified atom stereocenters. The number of aliphatic imine (C=N–C) groups is 1. The molecule has 0 saturated carbocycles. The topological polar surface area (TPSA) is 73.1 Å². The number of furan rings is 1. The quantitative estimate of drug-likeness (QED) is 0.448. The van der Waals surface area contributed by atoms with Crippen molar-refractivity contribution < 1.29 is 18.7 Å². The average molecular weight is 475 g/mol. The van der Waals surface area contributed by atoms with Crippen LogP contribution in [0.4, 0.5) is 5.69 Å². The highest BCUT2D eigenvalue weighted by Gasteiger charge is 2.25. The van der Waals surface area contributed by atoms with Gasteiger partial charge in [-0.1, -0.05) is 29.3 Å². The highest BCUT2D eigenvalue weighted by molar-refractivity contribution is 8.18. The molecule has 31 heavy (non-hydrogen) atoms. The molecule has 0 atom stereocenters. The number of rotatable bonds is 5. The van der Waals surface area contributed by atoms with Gasteiger partial charge in [0, 0.05) is 12.1 Å². The number of nitrogens with one attached hydrogen (secondary N) is 1. The number of hydrogen-bond donors (Lipinski definition) is 1. The Morgan fingerprint density at radius 1 is 1.06 bits per heavy atom. The molecule has 1 N–H and O–H groups in total. The molecular formula is C22H16Cl2N2O4S. The molecular weight excluding hydrogens is 459 g/mol. The second-order valence-corrected chi connectivity index (χ2v) is 8.16. The third kappa shape index (κ3) is 4.58. The van der Waals surface area contributed by atoms with Gasteiger partial charge in [-0.05, 0) is 48.2 Å². The number of halogens is 2. The second-order valence-electron chi connectivity index (χ2n) is 6.32. The molecule has 6 nitrogen and oxygen atoms in total. The molecule has 9 heteroatoms. The van der Waals surface area contributed by atoms with Crippen molar-refractivity contribution in [2.24, 2.45) is 4.99 Å². The molecule has 1 aromatic heterocycles. The monoisotopic (exact) mass is 474 g/mol. The molecule has 0 radical (unpaired) electrons. The minimum Gasteiger partial charge on any atom is -0.497 e. The van der Waals surface area contributed by atoms with Crippen molar-refractivity contribution in [3.63, 3.8) is 0 Å². The van der Waals surface area contributed by atoms with Crippen molar-refractivity contribution >= 4 is 57.8 Å². The molecule has 0 spiro atoms. The summed E-state index contributed by atoms with van der Waals surface area (Å²) in [6.45, 7) is 0. The lowest BCUT2D eigenvalue weighted by molar-refractivity contribution is -0.115. The van der Waals surface area contributed by atoms with E-state index >= 15 is 0 Å². The van der Waals surface area contributed by atoms with Gasteiger partial charge in [0.15, 0.2) is 5.17 Å². The maximum Gasteiger partial charge on any atom is 0.264 e. The highest BCUT2D eigenvalue weighted by Crippen LogP contribution is 2.37. The van der Waals surface area contributed by atoms with Crippen LogP contribution >= 0.6 is 35.0 Å². The second kappa shape index (κ2) is 9.09. The number of hydrogen-bond acceptors (Lipinski definition) is 6. The van der Waals surface area contributed by atoms with Gasteiger partial charge in [-0.3, -0.25) is 4.79 Å². The lowest BCUT2D eigenvalue weighted by atomic mass is 10.2. The SMILES string of the molecule is COc1ccc(N=C2NC(=O)/C(=C\c3ccc(-c4c(Cl)cccc4Cl)o3)S2)c(OC)c1. The normalized spacial score (nSPS) is 16.1. The van der Waals surface area contributed by atoms with Crippen LogP contribution in [-0.4, -0.2) is 25.3 Å². The van der Waals surface area contributed by atoms with Crippen LogP contribution in [0.25, 0.3) is 17.4 Å². The van der Waals surface area contributed by atoms with Crippen molar-refractivity contribution in [1.82, 2.24) is 5.32 Å². The lowest BCUT2D eigenvalue weighted by Gasteiger charge is -2.07. The minimum atomic E-state index is -0.273. The zero-order valence-corrected chi connectivity index (χ0v) is 18.8. The number of thioether (sulfide) groups is 1. The van der Waals surface area contributed by atoms with E-state index in [9.17, 15) is 4.79 Å². The summed E-state index contributed by atoms with van der Waals surface area (Å²) in [4.78, 5) is 17.3. The van der Waals surface area contributed by atoms with E-state index in [1.807, 2.05) is 0 Å². The van der Waals surface area contributed by atoms with Crippen molar-refractivity contribution in [2.75, 3.05) is 14.2 Å². The number of methoxy groups -OCH3 is 2. The van der Waals surface area contributed by atoms with Crippen molar-refractivity contribution in [3.05, 3.63) is 69.2 Å². The molecule has 1 fully saturated rings. The van der Waals surface area contributed by atoms with Crippen LogP contribution < -0.4 is 14.8 Å². The van der Waals surface area contributed by atoms with E-state index in [0.29, 0.717) is 54.4 Å². The summed E-state index contributed by atoms with van der Waals surface area (Å²) in [6.07, 6.45) is 1.64. The van der Waals surface area contributed by atoms with E-state index < -0.39 is 0 Å². The third-order valence-corrected chi connectivity index (χ3v) is 5.91. The molecule has 158 valence electrons. The van der Waals surface area contributed by atoms with E-state index in [4.69, 9.17) is 37.1 Å². The van der Waals surface area contributed by atoms with E-state index in [1.165, 1.54) is 11.8 Å². The Morgan fingerprint density at radius 2 is 1.84 bits per heavy atom. The molecule has 1 aliphatic heterocycles. The van der Waals surface area contributed by atoms with Crippen molar-refractivity contribution in [2.45, 2.75) is 0 Å². The predicted molar refractivity (Wildman–Crippen MR) is 125 cm³/mol. The van der Waals surface area contributed by atoms with Gasteiger partial charge in [-0.25, -0.2) is 4.99 Å². The number of ether oxygens (including phenoxy) is 2. The largest absolute Gasteiger partial charge is 0.497 e. The molecule has 4 rings (SSSR count). The number of amidine groups is 1. The molecule has 3 aromatic rings. The van der Waals surface area contributed by atoms with E-state index in [-0.39, 0.29) is 5.91 Å². The summed E-state index contributed by atoms with van der Waals surface area (Å²) >= 11 is 13.7. The summed E-state index contributed by atoms with van der Waals surface area (Å²) in [5, 5.41) is 4.14. The first-order valence-corrected chi connectivity index (χ1v) is 10.6. The molecule has 1 amide bonds. The molecule has 1 aliphatic rings. The smallest absolute Gasteiger partial charge is 0.264 e. The number of benzene rings is 2. The maximum atomic E-state index is 12.4. The fraction of sp³-hybridized carbons (Fsp3) is 0.0909. The lowest BCUT2D eigenvalue weighted by Crippen LogP contribution is -2.19. The van der Waals surface area contributed by atoms with E-state index in [2.05, 4.69) is 10.3 Å². The van der Waals surface area contributed by atoms with Crippen LogP contribution in [0.3, 0.4) is 0 Å². The molecule has 2 heterocycles. The highest BCUT2D eigenvalue weighted by atomic mass is 35.5. The van der Waals surface area contributed by atoms with Crippen molar-refractivity contribution in [1.29, 1.82) is 0 Å². The van der Waals surface area contributed by atoms with E-state index in [0.717, 1.165) is 0 Å². The Hall–Kier alpha value is -2.87. The number of amides is 1. The Balaban J connectivity index is 1.58. The Morgan fingerprint density at radius 3 is 2.55 bits per heavy atom. The molecule has 0 aliphatic carbocycles. The number of carbonyl (C=O) groups excluding carboxylic acids is 1. The molecule has 1 saturated heterocycles. The van der Waals surface area contributed by atoms with Gasteiger partial charge in [0.05, 0.1) is 34.7 Å². The Labute approximate surface area is 192 Å². The summed E-state index contributed by atoms with van der Waals surface area (Å²) in [7, 11) is 3.12. The van der Waals surface area contributed by atoms with Crippen LogP contribution in [-0.2, 0) is 4.79 Å². The average Bonchev–Trinajstić information content (AvgIpc) is 3.35. The van der Waals surface area contributed by atoms with Gasteiger partial charge in [0.1, 0.15) is 28.7 Å². The number of carbonyl (C=O) groups is 1. The van der Waals surface area contributed by atoms with Crippen molar-refractivity contribution in [3.8, 4) is 22.8 Å². The molecule has 0 bridgehead atoms. The maximum absolute atomic E-state index is 12.4. The van der Waals surface area contributed by atoms with Gasteiger partial charge in [0.2, 0.25) is 0 Å². The fourth-order valence-corrected chi connectivity index (χ4v) is 4.29. The standard InChI is InChI=1S/C22H16Cl2N2O4S/c1-28-12-6-8-16(18(10-12)29-2)25-22-26-21(27)19(31-22)11-13-7-9-17(30-13)20-14(23)4-3-5-15(20)24/h3-11H,1-2H3,(H,25,26,27)/b19-11+. The van der Waals surface area contributed by atoms with Gasteiger partial charge >= 0.3 is 0 Å². The van der Waals surface area contributed by atoms with Crippen LogP contribution in [0.15, 0.2) is 62.8 Å². The van der Waals surface area contributed by atoms with Crippen LogP contribution in [0.1, 0.15) is 5.76 Å².